The summed E-state index contributed by atoms with van der Waals surface area (Å²) in [4.78, 5) is 22.5. The average Bonchev–Trinajstić information content (AvgIpc) is 2.35. The monoisotopic (exact) mass is 289 g/mol. The molecule has 0 fully saturated rings. The molecule has 0 saturated carbocycles. The Labute approximate surface area is 113 Å². The Morgan fingerprint density at radius 3 is 2.35 bits per heavy atom. The molecule has 0 aromatic heterocycles. The summed E-state index contributed by atoms with van der Waals surface area (Å²) in [6, 6.07) is 7.76. The number of esters is 1. The molecule has 1 unspecified atom stereocenters. The first kappa shape index (κ1) is 16.0. The van der Waals surface area contributed by atoms with Gasteiger partial charge in [-0.1, -0.05) is 30.3 Å². The number of nitrogens with one attached hydrogen (secondary N) is 1. The molecule has 0 spiro atoms. The summed E-state index contributed by atoms with van der Waals surface area (Å²) >= 11 is 0. The molecule has 0 bridgehead atoms. The van der Waals surface area contributed by atoms with Crippen molar-refractivity contribution in [3.8, 4) is 0 Å². The third-order valence-corrected chi connectivity index (χ3v) is 2.35. The van der Waals surface area contributed by atoms with E-state index < -0.39 is 24.8 Å². The van der Waals surface area contributed by atoms with Crippen molar-refractivity contribution in [3.05, 3.63) is 35.9 Å². The van der Waals surface area contributed by atoms with Crippen LogP contribution in [0.5, 0.6) is 0 Å². The number of rotatable bonds is 5. The lowest BCUT2D eigenvalue weighted by atomic mass is 10.0. The summed E-state index contributed by atoms with van der Waals surface area (Å²) in [6.07, 6.45) is -4.93. The molecule has 20 heavy (non-hydrogen) atoms. The molecule has 0 heterocycles. The quantitative estimate of drug-likeness (QED) is 0.847. The number of hydrogen-bond acceptors (Lipinski definition) is 3. The van der Waals surface area contributed by atoms with Gasteiger partial charge in [0.05, 0.1) is 12.5 Å². The van der Waals surface area contributed by atoms with Crippen LogP contribution in [0, 0.1) is 0 Å². The Balaban J connectivity index is 2.66. The van der Waals surface area contributed by atoms with E-state index in [-0.39, 0.29) is 12.3 Å². The lowest BCUT2D eigenvalue weighted by Gasteiger charge is -2.18. The number of amides is 1. The van der Waals surface area contributed by atoms with E-state index in [2.05, 4.69) is 10.1 Å². The fraction of sp³-hybridized carbons (Fsp3) is 0.385. The molecular weight excluding hydrogens is 275 g/mol. The van der Waals surface area contributed by atoms with Gasteiger partial charge < -0.3 is 10.1 Å². The van der Waals surface area contributed by atoms with Crippen molar-refractivity contribution in [1.29, 1.82) is 0 Å². The van der Waals surface area contributed by atoms with Gasteiger partial charge in [0.15, 0.2) is 6.61 Å². The molecule has 0 aliphatic heterocycles. The second kappa shape index (κ2) is 6.93. The van der Waals surface area contributed by atoms with Gasteiger partial charge in [-0.2, -0.15) is 13.2 Å². The predicted molar refractivity (Wildman–Crippen MR) is 64.6 cm³/mol. The highest BCUT2D eigenvalue weighted by molar-refractivity contribution is 5.76. The van der Waals surface area contributed by atoms with Crippen molar-refractivity contribution in [2.75, 3.05) is 6.61 Å². The standard InChI is InChI=1S/C13H14F3NO3/c1-9(18)17-11(10-5-3-2-4-6-10)7-12(19)20-8-13(14,15)16/h2-6,11H,7-8H2,1H3,(H,17,18). The highest BCUT2D eigenvalue weighted by Gasteiger charge is 2.30. The molecule has 0 saturated heterocycles. The van der Waals surface area contributed by atoms with E-state index in [0.29, 0.717) is 5.56 Å². The molecule has 1 atom stereocenters. The van der Waals surface area contributed by atoms with E-state index in [4.69, 9.17) is 0 Å². The van der Waals surface area contributed by atoms with Crippen LogP contribution in [0.2, 0.25) is 0 Å². The fourth-order valence-corrected chi connectivity index (χ4v) is 1.57. The summed E-state index contributed by atoms with van der Waals surface area (Å²) in [6.45, 7) is -0.371. The van der Waals surface area contributed by atoms with E-state index >= 15 is 0 Å². The van der Waals surface area contributed by atoms with Crippen LogP contribution in [0.25, 0.3) is 0 Å². The number of carbonyl (C=O) groups is 2. The zero-order valence-corrected chi connectivity index (χ0v) is 10.7. The van der Waals surface area contributed by atoms with Crippen molar-refractivity contribution < 1.29 is 27.5 Å². The van der Waals surface area contributed by atoms with Gasteiger partial charge in [-0.25, -0.2) is 0 Å². The van der Waals surface area contributed by atoms with Crippen LogP contribution in [0.4, 0.5) is 13.2 Å². The van der Waals surface area contributed by atoms with Crippen molar-refractivity contribution >= 4 is 11.9 Å². The lowest BCUT2D eigenvalue weighted by Crippen LogP contribution is -2.29. The van der Waals surface area contributed by atoms with E-state index in [1.165, 1.54) is 6.92 Å². The second-order valence-electron chi connectivity index (χ2n) is 4.14. The summed E-state index contributed by atoms with van der Waals surface area (Å²) in [5, 5.41) is 2.50. The first-order chi connectivity index (χ1) is 9.28. The Kier molecular flexibility index (Phi) is 5.54. The average molecular weight is 289 g/mol. The normalized spacial score (nSPS) is 12.6. The Morgan fingerprint density at radius 2 is 1.85 bits per heavy atom. The minimum Gasteiger partial charge on any atom is -0.456 e. The summed E-state index contributed by atoms with van der Waals surface area (Å²) in [7, 11) is 0. The number of halogens is 3. The molecule has 4 nitrogen and oxygen atoms in total. The molecule has 0 aliphatic carbocycles. The first-order valence-corrected chi connectivity index (χ1v) is 5.82. The second-order valence-corrected chi connectivity index (χ2v) is 4.14. The van der Waals surface area contributed by atoms with Crippen molar-refractivity contribution in [2.24, 2.45) is 0 Å². The van der Waals surface area contributed by atoms with E-state index in [9.17, 15) is 22.8 Å². The Hall–Kier alpha value is -2.05. The van der Waals surface area contributed by atoms with Gasteiger partial charge in [0, 0.05) is 6.92 Å². The largest absolute Gasteiger partial charge is 0.456 e. The smallest absolute Gasteiger partial charge is 0.422 e. The van der Waals surface area contributed by atoms with Crippen LogP contribution in [0.1, 0.15) is 24.9 Å². The molecule has 0 aliphatic rings. The van der Waals surface area contributed by atoms with Gasteiger partial charge >= 0.3 is 12.1 Å². The van der Waals surface area contributed by atoms with Gasteiger partial charge in [-0.05, 0) is 5.56 Å². The number of alkyl halides is 3. The minimum atomic E-state index is -4.56. The Morgan fingerprint density at radius 1 is 1.25 bits per heavy atom. The molecule has 7 heteroatoms. The zero-order chi connectivity index (χ0) is 15.2. The molecule has 1 rings (SSSR count). The van der Waals surface area contributed by atoms with E-state index in [1.54, 1.807) is 30.3 Å². The molecule has 1 aromatic carbocycles. The minimum absolute atomic E-state index is 0.361. The molecule has 1 aromatic rings. The highest BCUT2D eigenvalue weighted by Crippen LogP contribution is 2.19. The van der Waals surface area contributed by atoms with Gasteiger partial charge in [0.25, 0.3) is 0 Å². The fourth-order valence-electron chi connectivity index (χ4n) is 1.57. The zero-order valence-electron chi connectivity index (χ0n) is 10.7. The molecule has 110 valence electrons. The lowest BCUT2D eigenvalue weighted by molar-refractivity contribution is -0.186. The first-order valence-electron chi connectivity index (χ1n) is 5.82. The van der Waals surface area contributed by atoms with Gasteiger partial charge in [-0.15, -0.1) is 0 Å². The summed E-state index contributed by atoms with van der Waals surface area (Å²) in [5.74, 6) is -1.41. The number of benzene rings is 1. The topological polar surface area (TPSA) is 55.4 Å². The molecule has 1 amide bonds. The third-order valence-electron chi connectivity index (χ3n) is 2.35. The maximum Gasteiger partial charge on any atom is 0.422 e. The predicted octanol–water partition coefficient (Wildman–Crippen LogP) is 2.36. The maximum atomic E-state index is 11.9. The molecule has 1 N–H and O–H groups in total. The molecular formula is C13H14F3NO3. The maximum absolute atomic E-state index is 11.9. The van der Waals surface area contributed by atoms with Crippen molar-refractivity contribution in [2.45, 2.75) is 25.6 Å². The van der Waals surface area contributed by atoms with Crippen LogP contribution < -0.4 is 5.32 Å². The molecule has 0 radical (unpaired) electrons. The van der Waals surface area contributed by atoms with Crippen LogP contribution >= 0.6 is 0 Å². The van der Waals surface area contributed by atoms with Crippen LogP contribution in [0.15, 0.2) is 30.3 Å². The van der Waals surface area contributed by atoms with E-state index in [0.717, 1.165) is 0 Å². The van der Waals surface area contributed by atoms with E-state index in [1.807, 2.05) is 0 Å². The third kappa shape index (κ3) is 6.21. The van der Waals surface area contributed by atoms with Crippen LogP contribution in [-0.2, 0) is 14.3 Å². The van der Waals surface area contributed by atoms with Crippen LogP contribution in [0.3, 0.4) is 0 Å². The van der Waals surface area contributed by atoms with Gasteiger partial charge in [0.2, 0.25) is 5.91 Å². The Bertz CT molecular complexity index is 460. The highest BCUT2D eigenvalue weighted by atomic mass is 19.4. The van der Waals surface area contributed by atoms with Crippen molar-refractivity contribution in [3.63, 3.8) is 0 Å². The number of hydrogen-bond donors (Lipinski definition) is 1. The van der Waals surface area contributed by atoms with Crippen molar-refractivity contribution in [1.82, 2.24) is 5.32 Å². The van der Waals surface area contributed by atoms with Crippen LogP contribution in [-0.4, -0.2) is 24.7 Å². The van der Waals surface area contributed by atoms with Gasteiger partial charge in [0.1, 0.15) is 0 Å². The number of carbonyl (C=O) groups excluding carboxylic acids is 2. The van der Waals surface area contributed by atoms with Gasteiger partial charge in [-0.3, -0.25) is 9.59 Å². The number of ether oxygens (including phenoxy) is 1. The SMILES string of the molecule is CC(=O)NC(CC(=O)OCC(F)(F)F)c1ccccc1. The summed E-state index contributed by atoms with van der Waals surface area (Å²) < 4.78 is 39.9. The summed E-state index contributed by atoms with van der Waals surface area (Å²) in [5.41, 5.74) is 0.617.